The van der Waals surface area contributed by atoms with Crippen molar-refractivity contribution < 1.29 is 4.79 Å². The number of carbonyl (C=O) groups excluding carboxylic acids is 1. The highest BCUT2D eigenvalue weighted by molar-refractivity contribution is 5.93. The first-order valence-electron chi connectivity index (χ1n) is 5.43. The summed E-state index contributed by atoms with van der Waals surface area (Å²) in [6.45, 7) is 0.679. The van der Waals surface area contributed by atoms with Crippen LogP contribution in [0.25, 0.3) is 0 Å². The van der Waals surface area contributed by atoms with Gasteiger partial charge in [-0.25, -0.2) is 0 Å². The largest absolute Gasteiger partial charge is 0.342 e. The van der Waals surface area contributed by atoms with Crippen LogP contribution >= 0.6 is 0 Å². The molecule has 0 fully saturated rings. The standard InChI is InChI=1S/C12H19N3O/c1-15(9-5-8-11(13)14)12(16)10-6-3-2-4-7-10/h2-4,6-7,11H,5,8-9,13-14H2,1H3. The van der Waals surface area contributed by atoms with E-state index >= 15 is 0 Å². The maximum Gasteiger partial charge on any atom is 0.253 e. The minimum absolute atomic E-state index is 0.0335. The average molecular weight is 221 g/mol. The topological polar surface area (TPSA) is 72.3 Å². The van der Waals surface area contributed by atoms with Crippen molar-refractivity contribution in [3.8, 4) is 0 Å². The first-order valence-corrected chi connectivity index (χ1v) is 5.43. The van der Waals surface area contributed by atoms with Crippen LogP contribution < -0.4 is 11.5 Å². The molecule has 0 atom stereocenters. The van der Waals surface area contributed by atoms with Gasteiger partial charge >= 0.3 is 0 Å². The van der Waals surface area contributed by atoms with Crippen molar-refractivity contribution in [2.45, 2.75) is 19.0 Å². The molecule has 0 saturated heterocycles. The van der Waals surface area contributed by atoms with Crippen LogP contribution in [0.1, 0.15) is 23.2 Å². The molecule has 4 heteroatoms. The van der Waals surface area contributed by atoms with E-state index in [1.165, 1.54) is 0 Å². The average Bonchev–Trinajstić information content (AvgIpc) is 2.28. The molecule has 0 aliphatic carbocycles. The molecular weight excluding hydrogens is 202 g/mol. The lowest BCUT2D eigenvalue weighted by Gasteiger charge is -2.17. The van der Waals surface area contributed by atoms with Crippen molar-refractivity contribution in [3.05, 3.63) is 35.9 Å². The minimum Gasteiger partial charge on any atom is -0.342 e. The second-order valence-electron chi connectivity index (χ2n) is 3.90. The number of rotatable bonds is 5. The lowest BCUT2D eigenvalue weighted by atomic mass is 10.2. The summed E-state index contributed by atoms with van der Waals surface area (Å²) in [7, 11) is 1.79. The fourth-order valence-electron chi connectivity index (χ4n) is 1.47. The van der Waals surface area contributed by atoms with Gasteiger partial charge in [0.15, 0.2) is 0 Å². The van der Waals surface area contributed by atoms with Gasteiger partial charge in [-0.05, 0) is 25.0 Å². The van der Waals surface area contributed by atoms with E-state index in [1.54, 1.807) is 11.9 Å². The SMILES string of the molecule is CN(CCCC(N)N)C(=O)c1ccccc1. The molecule has 0 radical (unpaired) electrons. The van der Waals surface area contributed by atoms with Crippen molar-refractivity contribution in [3.63, 3.8) is 0 Å². The molecule has 0 aromatic heterocycles. The maximum absolute atomic E-state index is 11.9. The summed E-state index contributed by atoms with van der Waals surface area (Å²) in [5, 5.41) is 0. The lowest BCUT2D eigenvalue weighted by molar-refractivity contribution is 0.0792. The van der Waals surface area contributed by atoms with Gasteiger partial charge in [0.25, 0.3) is 5.91 Å². The second kappa shape index (κ2) is 6.25. The first kappa shape index (κ1) is 12.7. The Bertz CT molecular complexity index is 324. The predicted molar refractivity (Wildman–Crippen MR) is 64.8 cm³/mol. The van der Waals surface area contributed by atoms with E-state index in [0.29, 0.717) is 12.1 Å². The van der Waals surface area contributed by atoms with Gasteiger partial charge in [0, 0.05) is 19.2 Å². The van der Waals surface area contributed by atoms with E-state index in [0.717, 1.165) is 12.8 Å². The Balaban J connectivity index is 2.43. The third-order valence-corrected chi connectivity index (χ3v) is 2.40. The summed E-state index contributed by atoms with van der Waals surface area (Å²) in [5.41, 5.74) is 11.6. The first-order chi connectivity index (χ1) is 7.61. The normalized spacial score (nSPS) is 10.5. The van der Waals surface area contributed by atoms with Crippen LogP contribution in [-0.4, -0.2) is 30.6 Å². The zero-order valence-electron chi connectivity index (χ0n) is 9.60. The monoisotopic (exact) mass is 221 g/mol. The summed E-state index contributed by atoms with van der Waals surface area (Å²) in [4.78, 5) is 13.6. The maximum atomic E-state index is 11.9. The highest BCUT2D eigenvalue weighted by Crippen LogP contribution is 2.04. The third-order valence-electron chi connectivity index (χ3n) is 2.40. The van der Waals surface area contributed by atoms with Crippen LogP contribution in [0.3, 0.4) is 0 Å². The molecule has 1 rings (SSSR count). The van der Waals surface area contributed by atoms with E-state index in [-0.39, 0.29) is 12.1 Å². The van der Waals surface area contributed by atoms with E-state index in [1.807, 2.05) is 30.3 Å². The Hall–Kier alpha value is -1.39. The fraction of sp³-hybridized carbons (Fsp3) is 0.417. The van der Waals surface area contributed by atoms with E-state index < -0.39 is 0 Å². The highest BCUT2D eigenvalue weighted by Gasteiger charge is 2.10. The number of nitrogens with two attached hydrogens (primary N) is 2. The number of amides is 1. The van der Waals surface area contributed by atoms with Crippen LogP contribution in [0.15, 0.2) is 30.3 Å². The zero-order valence-corrected chi connectivity index (χ0v) is 9.60. The molecule has 1 aromatic rings. The van der Waals surface area contributed by atoms with Crippen LogP contribution in [0.2, 0.25) is 0 Å². The molecule has 0 bridgehead atoms. The summed E-state index contributed by atoms with van der Waals surface area (Å²) in [5.74, 6) is 0.0335. The summed E-state index contributed by atoms with van der Waals surface area (Å²) in [6.07, 6.45) is 1.26. The lowest BCUT2D eigenvalue weighted by Crippen LogP contribution is -2.33. The van der Waals surface area contributed by atoms with Gasteiger partial charge < -0.3 is 16.4 Å². The number of carbonyl (C=O) groups is 1. The Morgan fingerprint density at radius 3 is 2.50 bits per heavy atom. The van der Waals surface area contributed by atoms with Gasteiger partial charge in [-0.3, -0.25) is 4.79 Å². The van der Waals surface area contributed by atoms with E-state index in [9.17, 15) is 4.79 Å². The summed E-state index contributed by atoms with van der Waals surface area (Å²) >= 11 is 0. The van der Waals surface area contributed by atoms with Gasteiger partial charge in [0.1, 0.15) is 0 Å². The molecule has 1 aromatic carbocycles. The molecular formula is C12H19N3O. The highest BCUT2D eigenvalue weighted by atomic mass is 16.2. The van der Waals surface area contributed by atoms with Gasteiger partial charge in [0.2, 0.25) is 0 Å². The van der Waals surface area contributed by atoms with Crippen molar-refractivity contribution in [2.75, 3.05) is 13.6 Å². The molecule has 4 nitrogen and oxygen atoms in total. The molecule has 0 unspecified atom stereocenters. The number of hydrogen-bond donors (Lipinski definition) is 2. The van der Waals surface area contributed by atoms with Crippen LogP contribution in [-0.2, 0) is 0 Å². The van der Waals surface area contributed by atoms with Gasteiger partial charge in [0.05, 0.1) is 6.17 Å². The van der Waals surface area contributed by atoms with E-state index in [4.69, 9.17) is 11.5 Å². The summed E-state index contributed by atoms with van der Waals surface area (Å²) in [6, 6.07) is 9.24. The molecule has 88 valence electrons. The van der Waals surface area contributed by atoms with Gasteiger partial charge in [-0.15, -0.1) is 0 Å². The minimum atomic E-state index is -0.291. The Morgan fingerprint density at radius 1 is 1.31 bits per heavy atom. The third kappa shape index (κ3) is 4.00. The second-order valence-corrected chi connectivity index (χ2v) is 3.90. The molecule has 0 spiro atoms. The molecule has 0 saturated carbocycles. The predicted octanol–water partition coefficient (Wildman–Crippen LogP) is 0.782. The smallest absolute Gasteiger partial charge is 0.253 e. The molecule has 1 amide bonds. The van der Waals surface area contributed by atoms with Crippen LogP contribution in [0.5, 0.6) is 0 Å². The van der Waals surface area contributed by atoms with Crippen molar-refractivity contribution in [1.82, 2.24) is 4.90 Å². The quantitative estimate of drug-likeness (QED) is 0.722. The molecule has 0 aliphatic heterocycles. The van der Waals surface area contributed by atoms with Crippen LogP contribution in [0.4, 0.5) is 0 Å². The van der Waals surface area contributed by atoms with Crippen molar-refractivity contribution in [2.24, 2.45) is 11.5 Å². The van der Waals surface area contributed by atoms with E-state index in [2.05, 4.69) is 0 Å². The van der Waals surface area contributed by atoms with Gasteiger partial charge in [-0.1, -0.05) is 18.2 Å². The molecule has 16 heavy (non-hydrogen) atoms. The fourth-order valence-corrected chi connectivity index (χ4v) is 1.47. The molecule has 0 aliphatic rings. The number of benzene rings is 1. The number of hydrogen-bond acceptors (Lipinski definition) is 3. The molecule has 4 N–H and O–H groups in total. The Kier molecular flexibility index (Phi) is 4.95. The van der Waals surface area contributed by atoms with Crippen LogP contribution in [0, 0.1) is 0 Å². The Labute approximate surface area is 96.2 Å². The zero-order chi connectivity index (χ0) is 12.0. The van der Waals surface area contributed by atoms with Crippen molar-refractivity contribution >= 4 is 5.91 Å². The van der Waals surface area contributed by atoms with Gasteiger partial charge in [-0.2, -0.15) is 0 Å². The number of nitrogens with zero attached hydrogens (tertiary/aromatic N) is 1. The molecule has 0 heterocycles. The van der Waals surface area contributed by atoms with Crippen molar-refractivity contribution in [1.29, 1.82) is 0 Å². The Morgan fingerprint density at radius 2 is 1.94 bits per heavy atom. The summed E-state index contributed by atoms with van der Waals surface area (Å²) < 4.78 is 0.